The van der Waals surface area contributed by atoms with Gasteiger partial charge in [0, 0.05) is 5.92 Å². The van der Waals surface area contributed by atoms with Crippen molar-refractivity contribution in [2.45, 2.75) is 38.9 Å². The predicted molar refractivity (Wildman–Crippen MR) is 50.2 cm³/mol. The molecule has 1 aliphatic rings. The highest BCUT2D eigenvalue weighted by Crippen LogP contribution is 2.33. The van der Waals surface area contributed by atoms with Crippen molar-refractivity contribution in [3.8, 4) is 0 Å². The molecule has 13 heavy (non-hydrogen) atoms. The highest BCUT2D eigenvalue weighted by molar-refractivity contribution is 4.88. The summed E-state index contributed by atoms with van der Waals surface area (Å²) in [6.07, 6.45) is 0.477. The second-order valence-corrected chi connectivity index (χ2v) is 4.39. The van der Waals surface area contributed by atoms with Crippen LogP contribution in [0.1, 0.15) is 26.7 Å². The van der Waals surface area contributed by atoms with Crippen LogP contribution in [0.25, 0.3) is 0 Å². The molecule has 3 nitrogen and oxygen atoms in total. The molecule has 0 radical (unpaired) electrons. The van der Waals surface area contributed by atoms with Crippen molar-refractivity contribution in [3.05, 3.63) is 0 Å². The first kappa shape index (κ1) is 11.0. The number of aliphatic hydroxyl groups is 3. The van der Waals surface area contributed by atoms with Crippen LogP contribution < -0.4 is 0 Å². The zero-order valence-corrected chi connectivity index (χ0v) is 8.35. The lowest BCUT2D eigenvalue weighted by Crippen LogP contribution is -2.45. The fourth-order valence-corrected chi connectivity index (χ4v) is 2.25. The van der Waals surface area contributed by atoms with E-state index in [1.54, 1.807) is 0 Å². The zero-order chi connectivity index (χ0) is 10.0. The zero-order valence-electron chi connectivity index (χ0n) is 8.35. The van der Waals surface area contributed by atoms with E-state index in [-0.39, 0.29) is 18.4 Å². The standard InChI is InChI=1S/C10H20O3/c1-6(2)7-3-4-9(12)8(5-11)10(7)13/h6-13H,3-5H2,1-2H3. The normalized spacial score (nSPS) is 41.1. The highest BCUT2D eigenvalue weighted by Gasteiger charge is 2.38. The fraction of sp³-hybridized carbons (Fsp3) is 1.00. The number of rotatable bonds is 2. The van der Waals surface area contributed by atoms with Crippen molar-refractivity contribution < 1.29 is 15.3 Å². The van der Waals surface area contributed by atoms with E-state index in [1.165, 1.54) is 0 Å². The molecular weight excluding hydrogens is 168 g/mol. The molecule has 1 rings (SSSR count). The molecule has 0 aromatic rings. The van der Waals surface area contributed by atoms with Crippen LogP contribution in [0.4, 0.5) is 0 Å². The lowest BCUT2D eigenvalue weighted by atomic mass is 9.73. The first-order valence-corrected chi connectivity index (χ1v) is 5.05. The van der Waals surface area contributed by atoms with E-state index in [0.29, 0.717) is 12.3 Å². The molecule has 0 aliphatic heterocycles. The summed E-state index contributed by atoms with van der Waals surface area (Å²) < 4.78 is 0. The minimum atomic E-state index is -0.547. The molecule has 3 heteroatoms. The third kappa shape index (κ3) is 2.22. The molecule has 1 saturated carbocycles. The molecule has 1 fully saturated rings. The predicted octanol–water partition coefficient (Wildman–Crippen LogP) is 0.383. The first-order valence-electron chi connectivity index (χ1n) is 5.05. The molecule has 0 spiro atoms. The van der Waals surface area contributed by atoms with Crippen LogP contribution in [0.15, 0.2) is 0 Å². The van der Waals surface area contributed by atoms with Crippen LogP contribution in [-0.4, -0.2) is 34.1 Å². The van der Waals surface area contributed by atoms with Crippen LogP contribution in [-0.2, 0) is 0 Å². The van der Waals surface area contributed by atoms with Crippen molar-refractivity contribution >= 4 is 0 Å². The summed E-state index contributed by atoms with van der Waals surface area (Å²) in [6.45, 7) is 4.02. The largest absolute Gasteiger partial charge is 0.396 e. The minimum Gasteiger partial charge on any atom is -0.396 e. The molecule has 1 aliphatic carbocycles. The van der Waals surface area contributed by atoms with Gasteiger partial charge in [0.25, 0.3) is 0 Å². The van der Waals surface area contributed by atoms with Gasteiger partial charge < -0.3 is 15.3 Å². The van der Waals surface area contributed by atoms with E-state index < -0.39 is 12.2 Å². The Kier molecular flexibility index (Phi) is 3.71. The van der Waals surface area contributed by atoms with Gasteiger partial charge in [-0.3, -0.25) is 0 Å². The van der Waals surface area contributed by atoms with Gasteiger partial charge in [0.1, 0.15) is 0 Å². The Morgan fingerprint density at radius 1 is 1.23 bits per heavy atom. The molecule has 0 aromatic carbocycles. The Balaban J connectivity index is 2.63. The summed E-state index contributed by atoms with van der Waals surface area (Å²) in [4.78, 5) is 0. The Bertz CT molecular complexity index is 156. The van der Waals surface area contributed by atoms with E-state index in [9.17, 15) is 10.2 Å². The second-order valence-electron chi connectivity index (χ2n) is 4.39. The minimum absolute atomic E-state index is 0.119. The van der Waals surface area contributed by atoms with Gasteiger partial charge in [-0.1, -0.05) is 13.8 Å². The first-order chi connectivity index (χ1) is 6.07. The van der Waals surface area contributed by atoms with Gasteiger partial charge in [-0.2, -0.15) is 0 Å². The van der Waals surface area contributed by atoms with E-state index in [2.05, 4.69) is 13.8 Å². The molecule has 4 unspecified atom stereocenters. The molecule has 0 bridgehead atoms. The Morgan fingerprint density at radius 3 is 2.31 bits per heavy atom. The van der Waals surface area contributed by atoms with Crippen LogP contribution >= 0.6 is 0 Å². The summed E-state index contributed by atoms with van der Waals surface area (Å²) in [7, 11) is 0. The summed E-state index contributed by atoms with van der Waals surface area (Å²) in [5.74, 6) is 0.290. The Hall–Kier alpha value is -0.120. The highest BCUT2D eigenvalue weighted by atomic mass is 16.3. The van der Waals surface area contributed by atoms with Gasteiger partial charge >= 0.3 is 0 Å². The summed E-state index contributed by atoms with van der Waals surface area (Å²) >= 11 is 0. The average molecular weight is 188 g/mol. The Labute approximate surface area is 79.4 Å². The van der Waals surface area contributed by atoms with E-state index in [4.69, 9.17) is 5.11 Å². The number of hydrogen-bond donors (Lipinski definition) is 3. The molecule has 0 amide bonds. The van der Waals surface area contributed by atoms with Gasteiger partial charge in [-0.05, 0) is 24.7 Å². The van der Waals surface area contributed by atoms with Crippen LogP contribution in [0.2, 0.25) is 0 Å². The van der Waals surface area contributed by atoms with Crippen molar-refractivity contribution in [2.24, 2.45) is 17.8 Å². The third-order valence-electron chi connectivity index (χ3n) is 3.23. The van der Waals surface area contributed by atoms with Gasteiger partial charge in [-0.15, -0.1) is 0 Å². The van der Waals surface area contributed by atoms with E-state index in [0.717, 1.165) is 6.42 Å². The molecular formula is C10H20O3. The smallest absolute Gasteiger partial charge is 0.0645 e. The van der Waals surface area contributed by atoms with Gasteiger partial charge in [-0.25, -0.2) is 0 Å². The summed E-state index contributed by atoms with van der Waals surface area (Å²) in [5.41, 5.74) is 0. The van der Waals surface area contributed by atoms with Gasteiger partial charge in [0.15, 0.2) is 0 Å². The van der Waals surface area contributed by atoms with E-state index in [1.807, 2.05) is 0 Å². The third-order valence-corrected chi connectivity index (χ3v) is 3.23. The molecule has 0 aromatic heterocycles. The number of aliphatic hydroxyl groups excluding tert-OH is 3. The molecule has 0 heterocycles. The quantitative estimate of drug-likeness (QED) is 0.587. The van der Waals surface area contributed by atoms with Crippen molar-refractivity contribution in [2.75, 3.05) is 6.61 Å². The van der Waals surface area contributed by atoms with Crippen LogP contribution in [0.5, 0.6) is 0 Å². The van der Waals surface area contributed by atoms with Crippen molar-refractivity contribution in [3.63, 3.8) is 0 Å². The molecule has 3 N–H and O–H groups in total. The molecule has 4 atom stereocenters. The van der Waals surface area contributed by atoms with Gasteiger partial charge in [0.2, 0.25) is 0 Å². The van der Waals surface area contributed by atoms with Crippen molar-refractivity contribution in [1.82, 2.24) is 0 Å². The molecule has 0 saturated heterocycles. The second kappa shape index (κ2) is 4.40. The number of hydrogen-bond acceptors (Lipinski definition) is 3. The summed E-state index contributed by atoms with van der Waals surface area (Å²) in [5, 5.41) is 28.4. The van der Waals surface area contributed by atoms with Gasteiger partial charge in [0.05, 0.1) is 18.8 Å². The fourth-order valence-electron chi connectivity index (χ4n) is 2.25. The maximum Gasteiger partial charge on any atom is 0.0645 e. The topological polar surface area (TPSA) is 60.7 Å². The maximum atomic E-state index is 9.85. The van der Waals surface area contributed by atoms with E-state index >= 15 is 0 Å². The SMILES string of the molecule is CC(C)C1CCC(O)C(CO)C1O. The Morgan fingerprint density at radius 2 is 1.85 bits per heavy atom. The lowest BCUT2D eigenvalue weighted by molar-refractivity contribution is -0.0865. The average Bonchev–Trinajstić information content (AvgIpc) is 2.04. The lowest BCUT2D eigenvalue weighted by Gasteiger charge is -2.39. The van der Waals surface area contributed by atoms with Crippen LogP contribution in [0.3, 0.4) is 0 Å². The van der Waals surface area contributed by atoms with Crippen molar-refractivity contribution in [1.29, 1.82) is 0 Å². The summed E-state index contributed by atoms with van der Waals surface area (Å²) in [6, 6.07) is 0. The maximum absolute atomic E-state index is 9.85. The van der Waals surface area contributed by atoms with Crippen LogP contribution in [0, 0.1) is 17.8 Å². The monoisotopic (exact) mass is 188 g/mol. The molecule has 78 valence electrons.